The molecule has 0 radical (unpaired) electrons. The lowest BCUT2D eigenvalue weighted by molar-refractivity contribution is 0.102. The Morgan fingerprint density at radius 3 is 2.82 bits per heavy atom. The summed E-state index contributed by atoms with van der Waals surface area (Å²) in [6.07, 6.45) is 0. The van der Waals surface area contributed by atoms with E-state index in [1.165, 1.54) is 6.07 Å². The molecule has 0 aliphatic heterocycles. The molecule has 1 heterocycles. The van der Waals surface area contributed by atoms with Crippen molar-refractivity contribution in [1.29, 1.82) is 0 Å². The number of anilines is 2. The van der Waals surface area contributed by atoms with Crippen molar-refractivity contribution in [3.63, 3.8) is 0 Å². The van der Waals surface area contributed by atoms with E-state index in [4.69, 9.17) is 17.3 Å². The number of H-pyrrole nitrogens is 1. The fraction of sp³-hybridized carbons (Fsp3) is 0.0909. The van der Waals surface area contributed by atoms with Crippen molar-refractivity contribution in [2.75, 3.05) is 11.1 Å². The quantitative estimate of drug-likeness (QED) is 0.764. The van der Waals surface area contributed by atoms with Crippen LogP contribution in [-0.2, 0) is 0 Å². The fourth-order valence-corrected chi connectivity index (χ4v) is 1.50. The van der Waals surface area contributed by atoms with Crippen LogP contribution in [0.15, 0.2) is 24.3 Å². The van der Waals surface area contributed by atoms with Crippen molar-refractivity contribution in [3.05, 3.63) is 40.5 Å². The van der Waals surface area contributed by atoms with E-state index in [2.05, 4.69) is 15.5 Å². The molecular weight excluding hydrogens is 240 g/mol. The number of aromatic nitrogens is 2. The number of amides is 1. The largest absolute Gasteiger partial charge is 0.382 e. The number of carbonyl (C=O) groups is 1. The second-order valence-electron chi connectivity index (χ2n) is 3.62. The number of rotatable bonds is 2. The first-order chi connectivity index (χ1) is 8.06. The van der Waals surface area contributed by atoms with Crippen molar-refractivity contribution in [3.8, 4) is 0 Å². The first-order valence-electron chi connectivity index (χ1n) is 4.94. The Labute approximate surface area is 103 Å². The third-order valence-electron chi connectivity index (χ3n) is 2.27. The van der Waals surface area contributed by atoms with Crippen molar-refractivity contribution in [2.24, 2.45) is 0 Å². The van der Waals surface area contributed by atoms with E-state index < -0.39 is 0 Å². The molecule has 0 saturated carbocycles. The molecular formula is C11H11ClN4O. The summed E-state index contributed by atoms with van der Waals surface area (Å²) >= 11 is 5.96. The van der Waals surface area contributed by atoms with Crippen molar-refractivity contribution < 1.29 is 4.79 Å². The van der Waals surface area contributed by atoms with Crippen LogP contribution in [-0.4, -0.2) is 16.1 Å². The Balaban J connectivity index is 2.15. The van der Waals surface area contributed by atoms with E-state index in [9.17, 15) is 4.79 Å². The summed E-state index contributed by atoms with van der Waals surface area (Å²) in [5, 5.41) is 9.50. The summed E-state index contributed by atoms with van der Waals surface area (Å²) < 4.78 is 0. The van der Waals surface area contributed by atoms with Gasteiger partial charge in [0, 0.05) is 16.8 Å². The third kappa shape index (κ3) is 2.57. The summed E-state index contributed by atoms with van der Waals surface area (Å²) in [6, 6.07) is 6.76. The molecule has 5 nitrogen and oxygen atoms in total. The fourth-order valence-electron chi connectivity index (χ4n) is 1.32. The number of hydrogen-bond donors (Lipinski definition) is 3. The van der Waals surface area contributed by atoms with Gasteiger partial charge in [-0.2, -0.15) is 5.10 Å². The Morgan fingerprint density at radius 1 is 1.47 bits per heavy atom. The van der Waals surface area contributed by atoms with Gasteiger partial charge in [0.1, 0.15) is 11.5 Å². The third-order valence-corrected chi connectivity index (χ3v) is 2.68. The number of nitrogen functional groups attached to an aromatic ring is 1. The minimum atomic E-state index is -0.311. The van der Waals surface area contributed by atoms with Gasteiger partial charge in [-0.3, -0.25) is 9.89 Å². The highest BCUT2D eigenvalue weighted by Gasteiger charge is 2.09. The standard InChI is InChI=1S/C11H11ClN4O/c1-6-2-3-7(4-8(6)12)14-11(17)9-5-10(13)16-15-9/h2-5H,1H3,(H,14,17)(H3,13,15,16). The molecule has 2 aromatic rings. The zero-order valence-corrected chi connectivity index (χ0v) is 9.88. The molecule has 0 spiro atoms. The smallest absolute Gasteiger partial charge is 0.273 e. The van der Waals surface area contributed by atoms with Crippen LogP contribution in [0.25, 0.3) is 0 Å². The number of aromatic amines is 1. The van der Waals surface area contributed by atoms with Crippen LogP contribution in [0.3, 0.4) is 0 Å². The van der Waals surface area contributed by atoms with Gasteiger partial charge in [0.05, 0.1) is 0 Å². The average molecular weight is 251 g/mol. The highest BCUT2D eigenvalue weighted by atomic mass is 35.5. The van der Waals surface area contributed by atoms with Gasteiger partial charge in [-0.25, -0.2) is 0 Å². The topological polar surface area (TPSA) is 83.8 Å². The number of carbonyl (C=O) groups excluding carboxylic acids is 1. The Bertz CT molecular complexity index is 564. The lowest BCUT2D eigenvalue weighted by Crippen LogP contribution is -2.12. The molecule has 4 N–H and O–H groups in total. The van der Waals surface area contributed by atoms with Gasteiger partial charge in [-0.1, -0.05) is 17.7 Å². The molecule has 0 unspecified atom stereocenters. The number of nitrogens with two attached hydrogens (primary N) is 1. The van der Waals surface area contributed by atoms with Gasteiger partial charge >= 0.3 is 0 Å². The lowest BCUT2D eigenvalue weighted by atomic mass is 10.2. The van der Waals surface area contributed by atoms with Gasteiger partial charge in [0.25, 0.3) is 5.91 Å². The van der Waals surface area contributed by atoms with Gasteiger partial charge in [0.2, 0.25) is 0 Å². The van der Waals surface area contributed by atoms with Crippen LogP contribution in [0.1, 0.15) is 16.1 Å². The van der Waals surface area contributed by atoms with Gasteiger partial charge < -0.3 is 11.1 Å². The minimum absolute atomic E-state index is 0.275. The van der Waals surface area contributed by atoms with Gasteiger partial charge in [-0.05, 0) is 24.6 Å². The zero-order chi connectivity index (χ0) is 12.4. The highest BCUT2D eigenvalue weighted by molar-refractivity contribution is 6.31. The van der Waals surface area contributed by atoms with Crippen molar-refractivity contribution in [2.45, 2.75) is 6.92 Å². The van der Waals surface area contributed by atoms with E-state index >= 15 is 0 Å². The van der Waals surface area contributed by atoms with E-state index in [-0.39, 0.29) is 11.7 Å². The van der Waals surface area contributed by atoms with Crippen LogP contribution in [0.2, 0.25) is 5.02 Å². The van der Waals surface area contributed by atoms with Crippen molar-refractivity contribution in [1.82, 2.24) is 10.2 Å². The van der Waals surface area contributed by atoms with Crippen LogP contribution in [0.4, 0.5) is 11.5 Å². The molecule has 0 bridgehead atoms. The maximum atomic E-state index is 11.7. The zero-order valence-electron chi connectivity index (χ0n) is 9.12. The molecule has 1 aromatic carbocycles. The SMILES string of the molecule is Cc1ccc(NC(=O)c2cc(N)n[nH]2)cc1Cl. The number of nitrogens with one attached hydrogen (secondary N) is 2. The Kier molecular flexibility index (Phi) is 3.01. The summed E-state index contributed by atoms with van der Waals surface area (Å²) in [7, 11) is 0. The number of nitrogens with zero attached hydrogens (tertiary/aromatic N) is 1. The van der Waals surface area contributed by atoms with E-state index in [0.717, 1.165) is 5.56 Å². The number of benzene rings is 1. The normalized spacial score (nSPS) is 10.2. The molecule has 0 atom stereocenters. The van der Waals surface area contributed by atoms with Crippen LogP contribution in [0.5, 0.6) is 0 Å². The Morgan fingerprint density at radius 2 is 2.24 bits per heavy atom. The molecule has 0 aliphatic carbocycles. The van der Waals surface area contributed by atoms with E-state index in [1.54, 1.807) is 12.1 Å². The maximum absolute atomic E-state index is 11.7. The summed E-state index contributed by atoms with van der Waals surface area (Å²) in [5.74, 6) is -0.0359. The van der Waals surface area contributed by atoms with Crippen LogP contribution < -0.4 is 11.1 Å². The molecule has 1 amide bonds. The number of halogens is 1. The van der Waals surface area contributed by atoms with Gasteiger partial charge in [-0.15, -0.1) is 0 Å². The first-order valence-corrected chi connectivity index (χ1v) is 5.32. The predicted octanol–water partition coefficient (Wildman–Crippen LogP) is 2.21. The summed E-state index contributed by atoms with van der Waals surface area (Å²) in [6.45, 7) is 1.89. The van der Waals surface area contributed by atoms with Crippen LogP contribution >= 0.6 is 11.6 Å². The lowest BCUT2D eigenvalue weighted by Gasteiger charge is -2.05. The number of aryl methyl sites for hydroxylation is 1. The second-order valence-corrected chi connectivity index (χ2v) is 4.03. The molecule has 6 heteroatoms. The molecule has 2 rings (SSSR count). The average Bonchev–Trinajstić information content (AvgIpc) is 2.70. The van der Waals surface area contributed by atoms with Crippen molar-refractivity contribution >= 4 is 29.0 Å². The molecule has 88 valence electrons. The predicted molar refractivity (Wildman–Crippen MR) is 67.1 cm³/mol. The minimum Gasteiger partial charge on any atom is -0.382 e. The van der Waals surface area contributed by atoms with E-state index in [1.807, 2.05) is 13.0 Å². The molecule has 0 saturated heterocycles. The molecule has 0 aliphatic rings. The van der Waals surface area contributed by atoms with Gasteiger partial charge in [0.15, 0.2) is 0 Å². The summed E-state index contributed by atoms with van der Waals surface area (Å²) in [5.41, 5.74) is 7.29. The second kappa shape index (κ2) is 4.47. The molecule has 17 heavy (non-hydrogen) atoms. The monoisotopic (exact) mass is 250 g/mol. The Hall–Kier alpha value is -2.01. The van der Waals surface area contributed by atoms with Crippen LogP contribution in [0, 0.1) is 6.92 Å². The summed E-state index contributed by atoms with van der Waals surface area (Å²) in [4.78, 5) is 11.7. The maximum Gasteiger partial charge on any atom is 0.273 e. The van der Waals surface area contributed by atoms with E-state index in [0.29, 0.717) is 16.4 Å². The molecule has 1 aromatic heterocycles. The first kappa shape index (κ1) is 11.5. The number of hydrogen-bond acceptors (Lipinski definition) is 3. The highest BCUT2D eigenvalue weighted by Crippen LogP contribution is 2.20. The molecule has 0 fully saturated rings.